The zero-order valence-corrected chi connectivity index (χ0v) is 9.94. The lowest BCUT2D eigenvalue weighted by molar-refractivity contribution is 0.634. The van der Waals surface area contributed by atoms with Gasteiger partial charge in [-0.05, 0) is 19.1 Å². The zero-order valence-electron chi connectivity index (χ0n) is 9.12. The van der Waals surface area contributed by atoms with Crippen LogP contribution in [0.25, 0.3) is 22.3 Å². The van der Waals surface area contributed by atoms with Gasteiger partial charge in [-0.15, -0.1) is 11.3 Å². The molecule has 3 rings (SSSR count). The Labute approximate surface area is 101 Å². The summed E-state index contributed by atoms with van der Waals surface area (Å²) in [5.74, 6) is -0.402. The Morgan fingerprint density at radius 3 is 2.88 bits per heavy atom. The van der Waals surface area contributed by atoms with Crippen LogP contribution in [0.3, 0.4) is 0 Å². The van der Waals surface area contributed by atoms with Gasteiger partial charge in [0, 0.05) is 22.3 Å². The average Bonchev–Trinajstić information content (AvgIpc) is 2.85. The quantitative estimate of drug-likeness (QED) is 0.648. The maximum absolute atomic E-state index is 13.3. The van der Waals surface area contributed by atoms with Crippen LogP contribution in [0.15, 0.2) is 23.6 Å². The number of nitrogens with zero attached hydrogens (tertiary/aromatic N) is 1. The number of rotatable bonds is 1. The van der Waals surface area contributed by atoms with Crippen LogP contribution in [-0.4, -0.2) is 9.97 Å². The molecule has 2 heterocycles. The number of H-pyrrole nitrogens is 1. The van der Waals surface area contributed by atoms with Crippen molar-refractivity contribution in [1.29, 1.82) is 0 Å². The van der Waals surface area contributed by atoms with Gasteiger partial charge < -0.3 is 10.7 Å². The highest BCUT2D eigenvalue weighted by atomic mass is 32.1. The van der Waals surface area contributed by atoms with E-state index >= 15 is 0 Å². The Hall–Kier alpha value is -1.88. The molecule has 0 atom stereocenters. The molecule has 3 nitrogen and oxygen atoms in total. The highest BCUT2D eigenvalue weighted by Gasteiger charge is 2.08. The van der Waals surface area contributed by atoms with E-state index < -0.39 is 5.82 Å². The van der Waals surface area contributed by atoms with Crippen LogP contribution in [0.1, 0.15) is 5.01 Å². The third-order valence-corrected chi connectivity index (χ3v) is 3.41. The highest BCUT2D eigenvalue weighted by molar-refractivity contribution is 7.09. The zero-order chi connectivity index (χ0) is 12.0. The fraction of sp³-hybridized carbons (Fsp3) is 0.0833. The van der Waals surface area contributed by atoms with Gasteiger partial charge in [0.2, 0.25) is 0 Å². The first-order valence-electron chi connectivity index (χ1n) is 5.14. The van der Waals surface area contributed by atoms with Crippen molar-refractivity contribution in [1.82, 2.24) is 9.97 Å². The molecular formula is C12H10FN3S. The molecule has 5 heteroatoms. The van der Waals surface area contributed by atoms with Crippen LogP contribution in [0, 0.1) is 12.7 Å². The monoisotopic (exact) mass is 247 g/mol. The average molecular weight is 247 g/mol. The molecular weight excluding hydrogens is 237 g/mol. The van der Waals surface area contributed by atoms with E-state index in [1.807, 2.05) is 18.4 Å². The number of aryl methyl sites for hydroxylation is 1. The molecule has 0 aliphatic heterocycles. The third-order valence-electron chi connectivity index (χ3n) is 2.63. The lowest BCUT2D eigenvalue weighted by atomic mass is 10.2. The molecule has 17 heavy (non-hydrogen) atoms. The number of aromatic amines is 1. The maximum atomic E-state index is 13.3. The maximum Gasteiger partial charge on any atom is 0.148 e. The summed E-state index contributed by atoms with van der Waals surface area (Å²) in [6, 6.07) is 4.97. The van der Waals surface area contributed by atoms with E-state index in [0.717, 1.165) is 27.3 Å². The van der Waals surface area contributed by atoms with E-state index in [1.165, 1.54) is 6.07 Å². The lowest BCUT2D eigenvalue weighted by Gasteiger charge is -1.95. The predicted octanol–water partition coefficient (Wildman–Crippen LogP) is 3.32. The number of anilines is 1. The number of nitrogens with one attached hydrogen (secondary N) is 1. The highest BCUT2D eigenvalue weighted by Crippen LogP contribution is 2.27. The minimum Gasteiger partial charge on any atom is -0.396 e. The number of hydrogen-bond donors (Lipinski definition) is 2. The Morgan fingerprint density at radius 2 is 2.18 bits per heavy atom. The number of halogens is 1. The van der Waals surface area contributed by atoms with Crippen molar-refractivity contribution in [3.05, 3.63) is 34.4 Å². The van der Waals surface area contributed by atoms with E-state index in [-0.39, 0.29) is 5.69 Å². The summed E-state index contributed by atoms with van der Waals surface area (Å²) in [6.07, 6.45) is 0. The molecule has 3 N–H and O–H groups in total. The number of nitrogen functional groups attached to an aromatic ring is 1. The van der Waals surface area contributed by atoms with Gasteiger partial charge in [-0.2, -0.15) is 0 Å². The molecule has 0 saturated carbocycles. The second-order valence-corrected chi connectivity index (χ2v) is 4.96. The number of hydrogen-bond acceptors (Lipinski definition) is 3. The van der Waals surface area contributed by atoms with Gasteiger partial charge in [0.1, 0.15) is 5.82 Å². The molecule has 2 aromatic heterocycles. The molecule has 0 saturated heterocycles. The molecule has 0 amide bonds. The first-order chi connectivity index (χ1) is 8.13. The van der Waals surface area contributed by atoms with Gasteiger partial charge in [0.25, 0.3) is 0 Å². The Balaban J connectivity index is 2.19. The summed E-state index contributed by atoms with van der Waals surface area (Å²) >= 11 is 1.59. The first kappa shape index (κ1) is 10.3. The van der Waals surface area contributed by atoms with Crippen LogP contribution < -0.4 is 5.73 Å². The van der Waals surface area contributed by atoms with E-state index in [9.17, 15) is 4.39 Å². The number of nitrogens with two attached hydrogens (primary N) is 1. The van der Waals surface area contributed by atoms with E-state index in [2.05, 4.69) is 9.97 Å². The summed E-state index contributed by atoms with van der Waals surface area (Å²) in [5, 5.41) is 3.87. The largest absolute Gasteiger partial charge is 0.396 e. The van der Waals surface area contributed by atoms with Crippen LogP contribution in [0.4, 0.5) is 10.1 Å². The summed E-state index contributed by atoms with van der Waals surface area (Å²) in [7, 11) is 0. The van der Waals surface area contributed by atoms with E-state index in [1.54, 1.807) is 17.4 Å². The summed E-state index contributed by atoms with van der Waals surface area (Å²) < 4.78 is 13.3. The topological polar surface area (TPSA) is 54.7 Å². The van der Waals surface area contributed by atoms with E-state index in [4.69, 9.17) is 5.73 Å². The van der Waals surface area contributed by atoms with Gasteiger partial charge in [0.05, 0.1) is 22.1 Å². The van der Waals surface area contributed by atoms with Gasteiger partial charge in [-0.25, -0.2) is 9.37 Å². The standard InChI is InChI=1S/C12H10FN3S/c1-6-15-12(5-17-6)11-3-7-2-9(14)8(13)4-10(7)16-11/h2-5,16H,14H2,1H3. The third kappa shape index (κ3) is 1.68. The van der Waals surface area contributed by atoms with Crippen LogP contribution in [-0.2, 0) is 0 Å². The van der Waals surface area contributed by atoms with Crippen molar-refractivity contribution in [3.63, 3.8) is 0 Å². The van der Waals surface area contributed by atoms with Crippen molar-refractivity contribution in [2.75, 3.05) is 5.73 Å². The van der Waals surface area contributed by atoms with E-state index in [0.29, 0.717) is 0 Å². The van der Waals surface area contributed by atoms with Gasteiger partial charge >= 0.3 is 0 Å². The first-order valence-corrected chi connectivity index (χ1v) is 6.02. The molecule has 1 aromatic carbocycles. The van der Waals surface area contributed by atoms with Crippen molar-refractivity contribution < 1.29 is 4.39 Å². The Morgan fingerprint density at radius 1 is 1.35 bits per heavy atom. The van der Waals surface area contributed by atoms with Gasteiger partial charge in [0.15, 0.2) is 0 Å². The normalized spacial score (nSPS) is 11.2. The second kappa shape index (κ2) is 3.56. The number of aromatic nitrogens is 2. The van der Waals surface area contributed by atoms with Crippen molar-refractivity contribution >= 4 is 27.9 Å². The molecule has 0 aliphatic carbocycles. The van der Waals surface area contributed by atoms with Crippen LogP contribution in [0.5, 0.6) is 0 Å². The summed E-state index contributed by atoms with van der Waals surface area (Å²) in [4.78, 5) is 7.53. The van der Waals surface area contributed by atoms with Crippen LogP contribution in [0.2, 0.25) is 0 Å². The van der Waals surface area contributed by atoms with Gasteiger partial charge in [-0.3, -0.25) is 0 Å². The number of thiazole rings is 1. The van der Waals surface area contributed by atoms with Crippen LogP contribution >= 0.6 is 11.3 Å². The summed E-state index contributed by atoms with van der Waals surface area (Å²) in [6.45, 7) is 1.95. The molecule has 0 radical (unpaired) electrons. The Bertz CT molecular complexity index is 660. The molecule has 0 unspecified atom stereocenters. The number of benzene rings is 1. The van der Waals surface area contributed by atoms with Crippen molar-refractivity contribution in [2.24, 2.45) is 0 Å². The SMILES string of the molecule is Cc1nc(-c2cc3cc(N)c(F)cc3[nH]2)cs1. The molecule has 0 spiro atoms. The fourth-order valence-corrected chi connectivity index (χ4v) is 2.41. The smallest absolute Gasteiger partial charge is 0.148 e. The summed E-state index contributed by atoms with van der Waals surface area (Å²) in [5.41, 5.74) is 8.19. The van der Waals surface area contributed by atoms with Crippen molar-refractivity contribution in [3.8, 4) is 11.4 Å². The lowest BCUT2D eigenvalue weighted by Crippen LogP contribution is -1.88. The minimum atomic E-state index is -0.402. The number of fused-ring (bicyclic) bond motifs is 1. The predicted molar refractivity (Wildman–Crippen MR) is 68.5 cm³/mol. The molecule has 3 aromatic rings. The molecule has 86 valence electrons. The van der Waals surface area contributed by atoms with Gasteiger partial charge in [-0.1, -0.05) is 0 Å². The van der Waals surface area contributed by atoms with Crippen molar-refractivity contribution in [2.45, 2.75) is 6.92 Å². The second-order valence-electron chi connectivity index (χ2n) is 3.90. The Kier molecular flexibility index (Phi) is 2.16. The molecule has 0 bridgehead atoms. The minimum absolute atomic E-state index is 0.164. The molecule has 0 fully saturated rings. The molecule has 0 aliphatic rings. The fourth-order valence-electron chi connectivity index (χ4n) is 1.80.